The highest BCUT2D eigenvalue weighted by Gasteiger charge is 2.11. The number of benzene rings is 2. The van der Waals surface area contributed by atoms with Gasteiger partial charge >= 0.3 is 0 Å². The number of fused-ring (bicyclic) bond motifs is 1. The normalized spacial score (nSPS) is 10.9. The maximum absolute atomic E-state index is 12.4. The average molecular weight is 327 g/mol. The van der Waals surface area contributed by atoms with E-state index in [0.717, 1.165) is 27.7 Å². The molecule has 0 radical (unpaired) electrons. The van der Waals surface area contributed by atoms with Gasteiger partial charge in [0, 0.05) is 30.6 Å². The quantitative estimate of drug-likeness (QED) is 0.531. The van der Waals surface area contributed by atoms with Crippen LogP contribution >= 0.6 is 0 Å². The Morgan fingerprint density at radius 2 is 1.84 bits per heavy atom. The molecule has 0 unspecified atom stereocenters. The van der Waals surface area contributed by atoms with Gasteiger partial charge in [-0.05, 0) is 29.8 Å². The van der Waals surface area contributed by atoms with Crippen molar-refractivity contribution in [1.29, 1.82) is 0 Å². The number of aryl methyl sites for hydroxylation is 1. The zero-order valence-electron chi connectivity index (χ0n) is 13.9. The summed E-state index contributed by atoms with van der Waals surface area (Å²) in [5.41, 5.74) is 4.58. The van der Waals surface area contributed by atoms with Crippen LogP contribution in [0.25, 0.3) is 22.2 Å². The summed E-state index contributed by atoms with van der Waals surface area (Å²) in [7, 11) is 1.78. The Morgan fingerprint density at radius 3 is 2.60 bits per heavy atom. The molecule has 4 heteroatoms. The summed E-state index contributed by atoms with van der Waals surface area (Å²) >= 11 is 0. The molecule has 0 aliphatic carbocycles. The monoisotopic (exact) mass is 327 g/mol. The minimum atomic E-state index is 0.0632. The summed E-state index contributed by atoms with van der Waals surface area (Å²) in [6.07, 6.45) is 2.00. The van der Waals surface area contributed by atoms with Crippen LogP contribution in [0, 0.1) is 0 Å². The summed E-state index contributed by atoms with van der Waals surface area (Å²) in [5.74, 6) is 0.0632. The van der Waals surface area contributed by atoms with Gasteiger partial charge in [0.25, 0.3) is 0 Å². The fourth-order valence-corrected chi connectivity index (χ4v) is 2.98. The molecular weight excluding hydrogens is 310 g/mol. The number of rotatable bonds is 4. The van der Waals surface area contributed by atoms with Gasteiger partial charge in [0.05, 0.1) is 11.2 Å². The van der Waals surface area contributed by atoms with E-state index in [1.165, 1.54) is 0 Å². The van der Waals surface area contributed by atoms with Crippen molar-refractivity contribution in [3.8, 4) is 11.3 Å². The van der Waals surface area contributed by atoms with Gasteiger partial charge in [0.2, 0.25) is 0 Å². The van der Waals surface area contributed by atoms with E-state index in [0.29, 0.717) is 12.1 Å². The van der Waals surface area contributed by atoms with Crippen molar-refractivity contribution < 1.29 is 4.79 Å². The van der Waals surface area contributed by atoms with E-state index in [4.69, 9.17) is 4.98 Å². The Hall–Kier alpha value is -3.27. The van der Waals surface area contributed by atoms with Crippen LogP contribution in [0.1, 0.15) is 16.1 Å². The second-order valence-corrected chi connectivity index (χ2v) is 6.03. The number of hydrogen-bond donors (Lipinski definition) is 0. The molecule has 0 saturated heterocycles. The van der Waals surface area contributed by atoms with Crippen LogP contribution in [0.4, 0.5) is 0 Å². The van der Waals surface area contributed by atoms with Crippen LogP contribution in [0.2, 0.25) is 0 Å². The summed E-state index contributed by atoms with van der Waals surface area (Å²) < 4.78 is 1.61. The molecular formula is C21H17N3O. The number of ketones is 1. The van der Waals surface area contributed by atoms with Gasteiger partial charge in [-0.15, -0.1) is 0 Å². The second-order valence-electron chi connectivity index (χ2n) is 6.03. The highest BCUT2D eigenvalue weighted by atomic mass is 16.1. The van der Waals surface area contributed by atoms with Gasteiger partial charge in [0.1, 0.15) is 5.69 Å². The topological polar surface area (TPSA) is 47.8 Å². The summed E-state index contributed by atoms with van der Waals surface area (Å²) in [5, 5.41) is 5.09. The van der Waals surface area contributed by atoms with Crippen molar-refractivity contribution in [1.82, 2.24) is 14.8 Å². The van der Waals surface area contributed by atoms with Gasteiger partial charge in [-0.3, -0.25) is 9.48 Å². The number of nitrogens with zero attached hydrogens (tertiary/aromatic N) is 3. The molecule has 0 aliphatic heterocycles. The highest BCUT2D eigenvalue weighted by molar-refractivity contribution is 5.96. The smallest absolute Gasteiger partial charge is 0.185 e. The molecule has 0 atom stereocenters. The molecule has 0 aliphatic rings. The fraction of sp³-hybridized carbons (Fsp3) is 0.0952. The highest BCUT2D eigenvalue weighted by Crippen LogP contribution is 2.22. The molecule has 4 aromatic rings. The van der Waals surface area contributed by atoms with Crippen LogP contribution < -0.4 is 0 Å². The number of aromatic nitrogens is 3. The molecule has 2 heterocycles. The molecule has 2 aromatic heterocycles. The Morgan fingerprint density at radius 1 is 1.00 bits per heavy atom. The van der Waals surface area contributed by atoms with E-state index >= 15 is 0 Å². The number of carbonyl (C=O) groups is 1. The maximum atomic E-state index is 12.4. The lowest BCUT2D eigenvalue weighted by atomic mass is 10.0. The third-order valence-electron chi connectivity index (χ3n) is 4.29. The standard InChI is InChI=1S/C21H17N3O/c1-24-20(11-12-22-24)21(25)14-15-7-9-19-17(13-15)8-10-18(23-19)16-5-3-2-4-6-16/h2-13H,14H2,1H3. The van der Waals surface area contributed by atoms with Crippen LogP contribution in [0.15, 0.2) is 72.9 Å². The Labute approximate surface area is 145 Å². The third-order valence-corrected chi connectivity index (χ3v) is 4.29. The van der Waals surface area contributed by atoms with E-state index in [1.807, 2.05) is 42.5 Å². The average Bonchev–Trinajstić information content (AvgIpc) is 3.08. The van der Waals surface area contributed by atoms with E-state index in [-0.39, 0.29) is 5.78 Å². The molecule has 25 heavy (non-hydrogen) atoms. The van der Waals surface area contributed by atoms with Crippen LogP contribution in [0.3, 0.4) is 0 Å². The molecule has 0 saturated carbocycles. The van der Waals surface area contributed by atoms with Gasteiger partial charge in [0.15, 0.2) is 5.78 Å². The molecule has 4 rings (SSSR count). The first-order valence-electron chi connectivity index (χ1n) is 8.17. The van der Waals surface area contributed by atoms with E-state index in [1.54, 1.807) is 24.0 Å². The zero-order chi connectivity index (χ0) is 17.2. The van der Waals surface area contributed by atoms with Crippen molar-refractivity contribution >= 4 is 16.7 Å². The lowest BCUT2D eigenvalue weighted by Gasteiger charge is -2.06. The minimum absolute atomic E-state index is 0.0632. The van der Waals surface area contributed by atoms with Gasteiger partial charge < -0.3 is 0 Å². The first-order valence-corrected chi connectivity index (χ1v) is 8.17. The SMILES string of the molecule is Cn1nccc1C(=O)Cc1ccc2nc(-c3ccccc3)ccc2c1. The van der Waals surface area contributed by atoms with E-state index in [9.17, 15) is 4.79 Å². The largest absolute Gasteiger partial charge is 0.292 e. The van der Waals surface area contributed by atoms with Crippen LogP contribution in [-0.4, -0.2) is 20.5 Å². The minimum Gasteiger partial charge on any atom is -0.292 e. The number of hydrogen-bond acceptors (Lipinski definition) is 3. The first-order chi connectivity index (χ1) is 12.2. The molecule has 0 amide bonds. The van der Waals surface area contributed by atoms with Crippen LogP contribution in [-0.2, 0) is 13.5 Å². The number of Topliss-reactive ketones (excluding diaryl/α,β-unsaturated/α-hetero) is 1. The van der Waals surface area contributed by atoms with Gasteiger partial charge in [-0.2, -0.15) is 5.10 Å². The molecule has 2 aromatic carbocycles. The predicted molar refractivity (Wildman–Crippen MR) is 98.4 cm³/mol. The molecule has 0 bridgehead atoms. The van der Waals surface area contributed by atoms with Crippen molar-refractivity contribution in [2.24, 2.45) is 7.05 Å². The molecule has 122 valence electrons. The zero-order valence-corrected chi connectivity index (χ0v) is 13.9. The van der Waals surface area contributed by atoms with Crippen LogP contribution in [0.5, 0.6) is 0 Å². The number of carbonyl (C=O) groups excluding carboxylic acids is 1. The second kappa shape index (κ2) is 6.32. The summed E-state index contributed by atoms with van der Waals surface area (Å²) in [6.45, 7) is 0. The van der Waals surface area contributed by atoms with Crippen molar-refractivity contribution in [3.63, 3.8) is 0 Å². The number of pyridine rings is 1. The Bertz CT molecular complexity index is 1050. The molecule has 4 nitrogen and oxygen atoms in total. The Kier molecular flexibility index (Phi) is 3.86. The predicted octanol–water partition coefficient (Wildman–Crippen LogP) is 4.06. The lowest BCUT2D eigenvalue weighted by Crippen LogP contribution is -2.09. The molecule has 0 N–H and O–H groups in total. The van der Waals surface area contributed by atoms with E-state index < -0.39 is 0 Å². The Balaban J connectivity index is 1.63. The van der Waals surface area contributed by atoms with Crippen molar-refractivity contribution in [2.45, 2.75) is 6.42 Å². The maximum Gasteiger partial charge on any atom is 0.185 e. The van der Waals surface area contributed by atoms with Crippen molar-refractivity contribution in [2.75, 3.05) is 0 Å². The van der Waals surface area contributed by atoms with Gasteiger partial charge in [-0.25, -0.2) is 4.98 Å². The molecule has 0 fully saturated rings. The van der Waals surface area contributed by atoms with Gasteiger partial charge in [-0.1, -0.05) is 42.5 Å². The third kappa shape index (κ3) is 3.06. The fourth-order valence-electron chi connectivity index (χ4n) is 2.98. The summed E-state index contributed by atoms with van der Waals surface area (Å²) in [4.78, 5) is 17.1. The first kappa shape index (κ1) is 15.3. The summed E-state index contributed by atoms with van der Waals surface area (Å²) in [6, 6.07) is 21.9. The lowest BCUT2D eigenvalue weighted by molar-refractivity contribution is 0.0984. The van der Waals surface area contributed by atoms with E-state index in [2.05, 4.69) is 23.3 Å². The molecule has 0 spiro atoms. The van der Waals surface area contributed by atoms with Crippen molar-refractivity contribution in [3.05, 3.63) is 84.2 Å².